The van der Waals surface area contributed by atoms with Gasteiger partial charge in [-0.2, -0.15) is 0 Å². The van der Waals surface area contributed by atoms with Crippen molar-refractivity contribution in [3.05, 3.63) is 11.1 Å². The third-order valence-corrected chi connectivity index (χ3v) is 2.44. The van der Waals surface area contributed by atoms with E-state index >= 15 is 0 Å². The van der Waals surface area contributed by atoms with E-state index in [9.17, 15) is 0 Å². The topological polar surface area (TPSA) is 34.1 Å². The number of hydrogen-bond donors (Lipinski definition) is 1. The second-order valence-electron chi connectivity index (χ2n) is 2.52. The molecule has 0 atom stereocenters. The zero-order valence-electron chi connectivity index (χ0n) is 7.55. The number of aryl methyl sites for hydroxylation is 1. The van der Waals surface area contributed by atoms with Crippen LogP contribution in [0, 0.1) is 6.92 Å². The molecule has 0 unspecified atom stereocenters. The molecule has 0 saturated heterocycles. The number of thiazole rings is 1. The maximum absolute atomic E-state index is 5.45. The Morgan fingerprint density at radius 1 is 1.62 bits per heavy atom. The minimum absolute atomic E-state index is 0.552. The average molecular weight is 221 g/mol. The highest BCUT2D eigenvalue weighted by Gasteiger charge is 1.95. The van der Waals surface area contributed by atoms with E-state index in [0.29, 0.717) is 19.1 Å². The smallest absolute Gasteiger partial charge is 0.182 e. The van der Waals surface area contributed by atoms with Crippen molar-refractivity contribution < 1.29 is 4.74 Å². The first-order chi connectivity index (χ1) is 6.33. The number of halogens is 1. The van der Waals surface area contributed by atoms with E-state index in [4.69, 9.17) is 16.3 Å². The Hall–Kier alpha value is -0.320. The second kappa shape index (κ2) is 6.18. The average Bonchev–Trinajstić information content (AvgIpc) is 2.51. The zero-order chi connectivity index (χ0) is 9.52. The number of alkyl halides is 1. The fraction of sp³-hybridized carbons (Fsp3) is 0.625. The summed E-state index contributed by atoms with van der Waals surface area (Å²) >= 11 is 7.05. The lowest BCUT2D eigenvalue weighted by Crippen LogP contribution is -2.10. The summed E-state index contributed by atoms with van der Waals surface area (Å²) in [5.74, 6) is 0.552. The van der Waals surface area contributed by atoms with Crippen molar-refractivity contribution in [3.63, 3.8) is 0 Å². The number of aromatic nitrogens is 1. The Bertz CT molecular complexity index is 242. The van der Waals surface area contributed by atoms with E-state index in [1.165, 1.54) is 0 Å². The molecule has 1 heterocycles. The first kappa shape index (κ1) is 10.8. The van der Waals surface area contributed by atoms with E-state index < -0.39 is 0 Å². The molecule has 5 heteroatoms. The van der Waals surface area contributed by atoms with Gasteiger partial charge in [0, 0.05) is 17.8 Å². The minimum atomic E-state index is 0.552. The Kier molecular flexibility index (Phi) is 5.12. The largest absolute Gasteiger partial charge is 0.378 e. The van der Waals surface area contributed by atoms with Gasteiger partial charge in [0.25, 0.3) is 0 Å². The van der Waals surface area contributed by atoms with E-state index in [1.807, 2.05) is 12.3 Å². The molecule has 3 nitrogen and oxygen atoms in total. The lowest BCUT2D eigenvalue weighted by Gasteiger charge is -2.02. The van der Waals surface area contributed by atoms with Crippen LogP contribution < -0.4 is 5.32 Å². The van der Waals surface area contributed by atoms with Crippen molar-refractivity contribution in [1.29, 1.82) is 0 Å². The van der Waals surface area contributed by atoms with Crippen molar-refractivity contribution in [1.82, 2.24) is 4.98 Å². The Labute approximate surface area is 87.1 Å². The first-order valence-corrected chi connectivity index (χ1v) is 5.54. The fourth-order valence-corrected chi connectivity index (χ4v) is 1.65. The van der Waals surface area contributed by atoms with E-state index in [1.54, 1.807) is 11.3 Å². The van der Waals surface area contributed by atoms with Crippen molar-refractivity contribution in [2.24, 2.45) is 0 Å². The lowest BCUT2D eigenvalue weighted by molar-refractivity contribution is 0.160. The molecule has 1 N–H and O–H groups in total. The number of rotatable bonds is 6. The molecule has 13 heavy (non-hydrogen) atoms. The predicted molar refractivity (Wildman–Crippen MR) is 56.9 cm³/mol. The van der Waals surface area contributed by atoms with Crippen LogP contribution in [0.2, 0.25) is 0 Å². The normalized spacial score (nSPS) is 10.3. The highest BCUT2D eigenvalue weighted by atomic mass is 35.5. The van der Waals surface area contributed by atoms with Gasteiger partial charge in [0.1, 0.15) is 0 Å². The molecule has 0 saturated carbocycles. The molecule has 0 aliphatic rings. The standard InChI is InChI=1S/C8H13ClN2OS/c1-7-6-13-8(11-7)10-3-5-12-4-2-9/h6H,2-5H2,1H3,(H,10,11). The van der Waals surface area contributed by atoms with Crippen molar-refractivity contribution >= 4 is 28.1 Å². The van der Waals surface area contributed by atoms with Gasteiger partial charge in [-0.25, -0.2) is 4.98 Å². The molecule has 0 amide bonds. The van der Waals surface area contributed by atoms with Crippen LogP contribution in [0.4, 0.5) is 5.13 Å². The van der Waals surface area contributed by atoms with E-state index in [0.717, 1.165) is 17.4 Å². The van der Waals surface area contributed by atoms with Crippen LogP contribution in [0.1, 0.15) is 5.69 Å². The molecule has 0 bridgehead atoms. The molecule has 1 rings (SSSR count). The van der Waals surface area contributed by atoms with Gasteiger partial charge in [-0.15, -0.1) is 22.9 Å². The molecule has 1 aromatic rings. The number of ether oxygens (including phenoxy) is 1. The Balaban J connectivity index is 2.06. The molecular weight excluding hydrogens is 208 g/mol. The van der Waals surface area contributed by atoms with Gasteiger partial charge in [0.05, 0.1) is 18.9 Å². The molecule has 0 aliphatic carbocycles. The predicted octanol–water partition coefficient (Wildman–Crippen LogP) is 2.12. The molecule has 0 radical (unpaired) electrons. The van der Waals surface area contributed by atoms with Crippen LogP contribution in [0.15, 0.2) is 5.38 Å². The maximum Gasteiger partial charge on any atom is 0.182 e. The van der Waals surface area contributed by atoms with Crippen molar-refractivity contribution in [2.45, 2.75) is 6.92 Å². The quantitative estimate of drug-likeness (QED) is 0.589. The highest BCUT2D eigenvalue weighted by molar-refractivity contribution is 7.13. The van der Waals surface area contributed by atoms with E-state index in [2.05, 4.69) is 10.3 Å². The summed E-state index contributed by atoms with van der Waals surface area (Å²) in [6.45, 7) is 4.04. The number of anilines is 1. The van der Waals surface area contributed by atoms with Gasteiger partial charge in [0.2, 0.25) is 0 Å². The molecule has 0 spiro atoms. The summed E-state index contributed by atoms with van der Waals surface area (Å²) in [5.41, 5.74) is 1.05. The van der Waals surface area contributed by atoms with Crippen LogP contribution in [-0.2, 0) is 4.74 Å². The summed E-state index contributed by atoms with van der Waals surface area (Å²) in [5, 5.41) is 6.13. The van der Waals surface area contributed by atoms with E-state index in [-0.39, 0.29) is 0 Å². The molecule has 0 aromatic carbocycles. The Morgan fingerprint density at radius 2 is 2.46 bits per heavy atom. The van der Waals surface area contributed by atoms with Crippen molar-refractivity contribution in [2.75, 3.05) is 31.0 Å². The van der Waals surface area contributed by atoms with Gasteiger partial charge in [0.15, 0.2) is 5.13 Å². The molecule has 0 fully saturated rings. The lowest BCUT2D eigenvalue weighted by atomic mass is 10.6. The summed E-state index contributed by atoms with van der Waals surface area (Å²) in [4.78, 5) is 4.25. The molecule has 74 valence electrons. The van der Waals surface area contributed by atoms with Gasteiger partial charge >= 0.3 is 0 Å². The number of nitrogens with zero attached hydrogens (tertiary/aromatic N) is 1. The van der Waals surface area contributed by atoms with Gasteiger partial charge in [-0.1, -0.05) is 0 Å². The molecule has 0 aliphatic heterocycles. The van der Waals surface area contributed by atoms with Crippen LogP contribution in [0.3, 0.4) is 0 Å². The van der Waals surface area contributed by atoms with Crippen molar-refractivity contribution in [3.8, 4) is 0 Å². The second-order valence-corrected chi connectivity index (χ2v) is 3.76. The van der Waals surface area contributed by atoms with Crippen LogP contribution in [0.25, 0.3) is 0 Å². The SMILES string of the molecule is Cc1csc(NCCOCCCl)n1. The van der Waals surface area contributed by atoms with Gasteiger partial charge in [-0.05, 0) is 6.92 Å². The third-order valence-electron chi connectivity index (χ3n) is 1.36. The molecule has 1 aromatic heterocycles. The van der Waals surface area contributed by atoms with Gasteiger partial charge in [-0.3, -0.25) is 0 Å². The maximum atomic E-state index is 5.45. The van der Waals surface area contributed by atoms with Crippen LogP contribution in [-0.4, -0.2) is 30.6 Å². The summed E-state index contributed by atoms with van der Waals surface area (Å²) in [7, 11) is 0. The van der Waals surface area contributed by atoms with Gasteiger partial charge < -0.3 is 10.1 Å². The van der Waals surface area contributed by atoms with Crippen LogP contribution >= 0.6 is 22.9 Å². The first-order valence-electron chi connectivity index (χ1n) is 4.12. The minimum Gasteiger partial charge on any atom is -0.378 e. The summed E-state index contributed by atoms with van der Waals surface area (Å²) < 4.78 is 5.19. The highest BCUT2D eigenvalue weighted by Crippen LogP contribution is 2.13. The number of nitrogens with one attached hydrogen (secondary N) is 1. The molecular formula is C8H13ClN2OS. The summed E-state index contributed by atoms with van der Waals surface area (Å²) in [6, 6.07) is 0. The monoisotopic (exact) mass is 220 g/mol. The van der Waals surface area contributed by atoms with Crippen LogP contribution in [0.5, 0.6) is 0 Å². The Morgan fingerprint density at radius 3 is 3.08 bits per heavy atom. The number of hydrogen-bond acceptors (Lipinski definition) is 4. The fourth-order valence-electron chi connectivity index (χ4n) is 0.822. The third kappa shape index (κ3) is 4.45. The summed E-state index contributed by atoms with van der Waals surface area (Å²) in [6.07, 6.45) is 0. The zero-order valence-corrected chi connectivity index (χ0v) is 9.12.